The summed E-state index contributed by atoms with van der Waals surface area (Å²) in [5.74, 6) is -4.75. The molecule has 0 aliphatic carbocycles. The van der Waals surface area contributed by atoms with Gasteiger partial charge in [-0.2, -0.15) is 0 Å². The summed E-state index contributed by atoms with van der Waals surface area (Å²) < 4.78 is 0. The number of hydrogen-bond acceptors (Lipinski definition) is 6. The van der Waals surface area contributed by atoms with Gasteiger partial charge in [-0.05, 0) is 48.5 Å². The number of hydrogen-bond donors (Lipinski definition) is 5. The summed E-state index contributed by atoms with van der Waals surface area (Å²) in [6, 6.07) is 13.5. The van der Waals surface area contributed by atoms with Crippen LogP contribution in [0.3, 0.4) is 0 Å². The standard InChI is InChI=1S/C26H22ClN3O8/c1-30(17-6-3-7-18(31)12-17)24(34)15-8-9-19(20(27)11-15)23(33)29-21(26(37)38)13-28-22(32)14-4-2-5-16(10-14)25(35)36/h2-12,21,31H,13H2,1H3,(H,28,32)(H,29,33)(H,35,36)(H,37,38)/t21-/m0/s1. The molecule has 196 valence electrons. The van der Waals surface area contributed by atoms with Crippen LogP contribution in [-0.2, 0) is 4.79 Å². The first-order chi connectivity index (χ1) is 18.0. The average Bonchev–Trinajstić information content (AvgIpc) is 2.89. The van der Waals surface area contributed by atoms with Crippen molar-refractivity contribution >= 4 is 46.9 Å². The van der Waals surface area contributed by atoms with E-state index >= 15 is 0 Å². The number of nitrogens with one attached hydrogen (secondary N) is 2. The van der Waals surface area contributed by atoms with E-state index in [2.05, 4.69) is 10.6 Å². The molecule has 3 aromatic rings. The van der Waals surface area contributed by atoms with Crippen molar-refractivity contribution in [2.45, 2.75) is 6.04 Å². The maximum atomic E-state index is 12.8. The predicted octanol–water partition coefficient (Wildman–Crippen LogP) is 2.63. The van der Waals surface area contributed by atoms with Crippen LogP contribution in [0.25, 0.3) is 0 Å². The number of carboxylic acids is 2. The number of aromatic hydroxyl groups is 1. The van der Waals surface area contributed by atoms with E-state index < -0.39 is 42.2 Å². The van der Waals surface area contributed by atoms with Crippen molar-refractivity contribution in [3.63, 3.8) is 0 Å². The predicted molar refractivity (Wildman–Crippen MR) is 137 cm³/mol. The monoisotopic (exact) mass is 539 g/mol. The minimum Gasteiger partial charge on any atom is -0.508 e. The van der Waals surface area contributed by atoms with Crippen molar-refractivity contribution in [1.82, 2.24) is 10.6 Å². The van der Waals surface area contributed by atoms with Gasteiger partial charge in [0.15, 0.2) is 0 Å². The fourth-order valence-corrected chi connectivity index (χ4v) is 3.64. The zero-order valence-electron chi connectivity index (χ0n) is 19.8. The second-order valence-electron chi connectivity index (χ2n) is 8.04. The molecule has 0 fully saturated rings. The lowest BCUT2D eigenvalue weighted by molar-refractivity contribution is -0.139. The molecule has 0 heterocycles. The zero-order chi connectivity index (χ0) is 28.0. The number of halogens is 1. The van der Waals surface area contributed by atoms with Gasteiger partial charge in [0.1, 0.15) is 11.8 Å². The highest BCUT2D eigenvalue weighted by Crippen LogP contribution is 2.23. The van der Waals surface area contributed by atoms with Gasteiger partial charge in [-0.25, -0.2) is 9.59 Å². The van der Waals surface area contributed by atoms with Gasteiger partial charge in [-0.1, -0.05) is 23.7 Å². The highest BCUT2D eigenvalue weighted by atomic mass is 35.5. The highest BCUT2D eigenvalue weighted by molar-refractivity contribution is 6.34. The van der Waals surface area contributed by atoms with E-state index in [-0.39, 0.29) is 33.0 Å². The molecule has 12 heteroatoms. The molecular weight excluding hydrogens is 518 g/mol. The molecular formula is C26H22ClN3O8. The fourth-order valence-electron chi connectivity index (χ4n) is 3.37. The first kappa shape index (κ1) is 27.7. The van der Waals surface area contributed by atoms with E-state index in [0.29, 0.717) is 5.69 Å². The lowest BCUT2D eigenvalue weighted by atomic mass is 10.1. The largest absolute Gasteiger partial charge is 0.508 e. The number of carbonyl (C=O) groups excluding carboxylic acids is 3. The Morgan fingerprint density at radius 1 is 0.868 bits per heavy atom. The van der Waals surface area contributed by atoms with Gasteiger partial charge in [0.05, 0.1) is 16.1 Å². The van der Waals surface area contributed by atoms with Crippen LogP contribution in [0.1, 0.15) is 41.4 Å². The molecule has 3 rings (SSSR count). The van der Waals surface area contributed by atoms with Gasteiger partial charge in [-0.3, -0.25) is 14.4 Å². The Hall–Kier alpha value is -4.90. The number of aromatic carboxylic acids is 1. The number of rotatable bonds is 9. The SMILES string of the molecule is CN(C(=O)c1ccc(C(=O)N[C@@H](CNC(=O)c2cccc(C(=O)O)c2)C(=O)O)c(Cl)c1)c1cccc(O)c1. The Labute approximate surface area is 221 Å². The van der Waals surface area contributed by atoms with Crippen molar-refractivity contribution < 1.29 is 39.3 Å². The first-order valence-corrected chi connectivity index (χ1v) is 11.4. The molecule has 11 nitrogen and oxygen atoms in total. The van der Waals surface area contributed by atoms with Crippen LogP contribution in [-0.4, -0.2) is 64.6 Å². The van der Waals surface area contributed by atoms with Crippen LogP contribution in [0.5, 0.6) is 5.75 Å². The second kappa shape index (κ2) is 11.9. The molecule has 0 aliphatic rings. The summed E-state index contributed by atoms with van der Waals surface area (Å²) in [7, 11) is 1.50. The third-order valence-corrected chi connectivity index (χ3v) is 5.74. The van der Waals surface area contributed by atoms with E-state index in [1.165, 1.54) is 60.5 Å². The van der Waals surface area contributed by atoms with Crippen LogP contribution >= 0.6 is 11.6 Å². The smallest absolute Gasteiger partial charge is 0.335 e. The summed E-state index contributed by atoms with van der Waals surface area (Å²) in [6.07, 6.45) is 0. The van der Waals surface area contributed by atoms with Crippen LogP contribution in [0.4, 0.5) is 5.69 Å². The minimum atomic E-state index is -1.54. The van der Waals surface area contributed by atoms with Crippen molar-refractivity contribution in [2.24, 2.45) is 0 Å². The zero-order valence-corrected chi connectivity index (χ0v) is 20.6. The molecule has 0 aromatic heterocycles. The van der Waals surface area contributed by atoms with Crippen LogP contribution in [0.15, 0.2) is 66.7 Å². The Bertz CT molecular complexity index is 1430. The molecule has 0 radical (unpaired) electrons. The number of carboxylic acid groups (broad SMARTS) is 2. The number of benzene rings is 3. The summed E-state index contributed by atoms with van der Waals surface area (Å²) in [5.41, 5.74) is 0.344. The van der Waals surface area contributed by atoms with E-state index in [4.69, 9.17) is 16.7 Å². The number of phenols is 1. The molecule has 0 saturated carbocycles. The van der Waals surface area contributed by atoms with Crippen LogP contribution in [0, 0.1) is 0 Å². The average molecular weight is 540 g/mol. The van der Waals surface area contributed by atoms with E-state index in [9.17, 15) is 34.2 Å². The second-order valence-corrected chi connectivity index (χ2v) is 8.45. The number of nitrogens with zero attached hydrogens (tertiary/aromatic N) is 1. The van der Waals surface area contributed by atoms with Crippen molar-refractivity contribution in [3.8, 4) is 5.75 Å². The highest BCUT2D eigenvalue weighted by Gasteiger charge is 2.24. The van der Waals surface area contributed by atoms with Crippen molar-refractivity contribution in [3.05, 3.63) is 94.0 Å². The Balaban J connectivity index is 1.68. The van der Waals surface area contributed by atoms with Crippen molar-refractivity contribution in [2.75, 3.05) is 18.5 Å². The quantitative estimate of drug-likeness (QED) is 0.276. The molecule has 0 aliphatic heterocycles. The lowest BCUT2D eigenvalue weighted by Gasteiger charge is -2.19. The number of aliphatic carboxylic acids is 1. The Morgan fingerprint density at radius 3 is 2.18 bits per heavy atom. The van der Waals surface area contributed by atoms with Crippen molar-refractivity contribution in [1.29, 1.82) is 0 Å². The summed E-state index contributed by atoms with van der Waals surface area (Å²) in [4.78, 5) is 61.9. The number of anilines is 1. The molecule has 3 amide bonds. The van der Waals surface area contributed by atoms with E-state index in [1.807, 2.05) is 0 Å². The summed E-state index contributed by atoms with van der Waals surface area (Å²) in [6.45, 7) is -0.500. The molecule has 0 saturated heterocycles. The molecule has 0 unspecified atom stereocenters. The Morgan fingerprint density at radius 2 is 1.55 bits per heavy atom. The maximum Gasteiger partial charge on any atom is 0.335 e. The van der Waals surface area contributed by atoms with Gasteiger partial charge in [0.2, 0.25) is 0 Å². The van der Waals surface area contributed by atoms with Gasteiger partial charge >= 0.3 is 11.9 Å². The summed E-state index contributed by atoms with van der Waals surface area (Å²) in [5, 5.41) is 32.7. The van der Waals surface area contributed by atoms with Crippen LogP contribution < -0.4 is 15.5 Å². The molecule has 3 aromatic carbocycles. The van der Waals surface area contributed by atoms with Gasteiger partial charge in [-0.15, -0.1) is 0 Å². The number of carbonyl (C=O) groups is 5. The number of amides is 3. The first-order valence-electron chi connectivity index (χ1n) is 11.0. The van der Waals surface area contributed by atoms with Gasteiger partial charge in [0, 0.05) is 36.5 Å². The Kier molecular flexibility index (Phi) is 8.66. The third kappa shape index (κ3) is 6.65. The molecule has 0 bridgehead atoms. The normalized spacial score (nSPS) is 11.2. The fraction of sp³-hybridized carbons (Fsp3) is 0.115. The van der Waals surface area contributed by atoms with Gasteiger partial charge in [0.25, 0.3) is 17.7 Å². The topological polar surface area (TPSA) is 173 Å². The molecule has 1 atom stereocenters. The van der Waals surface area contributed by atoms with Gasteiger partial charge < -0.3 is 30.9 Å². The maximum absolute atomic E-state index is 12.8. The minimum absolute atomic E-state index is 0.000603. The molecule has 0 spiro atoms. The van der Waals surface area contributed by atoms with Crippen LogP contribution in [0.2, 0.25) is 5.02 Å². The number of phenolic OH excluding ortho intramolecular Hbond substituents is 1. The molecule has 5 N–H and O–H groups in total. The molecule has 38 heavy (non-hydrogen) atoms. The summed E-state index contributed by atoms with van der Waals surface area (Å²) >= 11 is 6.22. The van der Waals surface area contributed by atoms with E-state index in [0.717, 1.165) is 6.07 Å². The van der Waals surface area contributed by atoms with E-state index in [1.54, 1.807) is 12.1 Å². The lowest BCUT2D eigenvalue weighted by Crippen LogP contribution is -2.48. The third-order valence-electron chi connectivity index (χ3n) is 5.42.